The average Bonchev–Trinajstić information content (AvgIpc) is 2.58. The number of nitrogens with two attached hydrogens (primary N) is 1. The van der Waals surface area contributed by atoms with Crippen molar-refractivity contribution < 1.29 is 4.79 Å². The van der Waals surface area contributed by atoms with Gasteiger partial charge in [0.25, 0.3) is 0 Å². The van der Waals surface area contributed by atoms with Crippen LogP contribution in [0.5, 0.6) is 0 Å². The molecule has 25 heavy (non-hydrogen) atoms. The summed E-state index contributed by atoms with van der Waals surface area (Å²) in [7, 11) is 1.76. The number of primary amides is 1. The number of aromatic nitrogens is 1. The van der Waals surface area contributed by atoms with Crippen LogP contribution in [0.15, 0.2) is 36.0 Å². The summed E-state index contributed by atoms with van der Waals surface area (Å²) in [5, 5.41) is 0. The molecule has 134 valence electrons. The number of likely N-dealkylation sites (tertiary alicyclic amines) is 1. The highest BCUT2D eigenvalue weighted by atomic mass is 16.1. The number of allylic oxidation sites excluding steroid dienone is 2. The zero-order valence-electron chi connectivity index (χ0n) is 15.4. The number of nitrogens with zero attached hydrogens (tertiary/aromatic N) is 3. The third-order valence-electron chi connectivity index (χ3n) is 4.61. The Labute approximate surface area is 150 Å². The van der Waals surface area contributed by atoms with Gasteiger partial charge in [-0.25, -0.2) is 0 Å². The van der Waals surface area contributed by atoms with Crippen molar-refractivity contribution in [1.29, 1.82) is 0 Å². The predicted octanol–water partition coefficient (Wildman–Crippen LogP) is 2.64. The van der Waals surface area contributed by atoms with Crippen molar-refractivity contribution >= 4 is 23.3 Å². The van der Waals surface area contributed by atoms with Crippen LogP contribution in [0, 0.1) is 11.8 Å². The van der Waals surface area contributed by atoms with Crippen LogP contribution in [-0.4, -0.2) is 48.7 Å². The van der Waals surface area contributed by atoms with Gasteiger partial charge in [0.1, 0.15) is 0 Å². The maximum absolute atomic E-state index is 11.3. The van der Waals surface area contributed by atoms with E-state index >= 15 is 0 Å². The standard InChI is InChI=1S/C20H28N4O/c1-5-16(10-22-4)20-18(7-6-8-23-20)15(3)17-9-14(2)11-24(12-17)13-19(21)25/h5-8,10,14,17H,3,9,11-13H2,1-2,4H3,(H2,21,25)/b16-5-,22-10-/t14-,17-/m0/s1. The molecule has 5 nitrogen and oxygen atoms in total. The highest BCUT2D eigenvalue weighted by molar-refractivity contribution is 6.10. The Balaban J connectivity index is 2.29. The van der Waals surface area contributed by atoms with E-state index in [4.69, 9.17) is 5.73 Å². The topological polar surface area (TPSA) is 71.6 Å². The molecule has 0 unspecified atom stereocenters. The monoisotopic (exact) mass is 340 g/mol. The molecule has 0 aromatic carbocycles. The SMILES string of the molecule is C=C(c1cccnc1C(/C=N\C)=C\C)[C@H]1C[C@H](C)CN(CC(N)=O)C1. The lowest BCUT2D eigenvalue weighted by Crippen LogP contribution is -2.44. The lowest BCUT2D eigenvalue weighted by molar-refractivity contribution is -0.119. The molecular weight excluding hydrogens is 312 g/mol. The van der Waals surface area contributed by atoms with Gasteiger partial charge in [0.15, 0.2) is 0 Å². The van der Waals surface area contributed by atoms with Gasteiger partial charge >= 0.3 is 0 Å². The number of piperidine rings is 1. The molecule has 5 heteroatoms. The van der Waals surface area contributed by atoms with E-state index in [0.29, 0.717) is 12.5 Å². The minimum atomic E-state index is -0.282. The number of hydrogen-bond acceptors (Lipinski definition) is 4. The molecule has 1 amide bonds. The zero-order valence-corrected chi connectivity index (χ0v) is 15.4. The van der Waals surface area contributed by atoms with Crippen LogP contribution in [0.2, 0.25) is 0 Å². The van der Waals surface area contributed by atoms with E-state index < -0.39 is 0 Å². The molecule has 1 fully saturated rings. The van der Waals surface area contributed by atoms with Crippen LogP contribution in [-0.2, 0) is 4.79 Å². The first-order valence-corrected chi connectivity index (χ1v) is 8.69. The molecule has 2 N–H and O–H groups in total. The second-order valence-corrected chi connectivity index (χ2v) is 6.75. The van der Waals surface area contributed by atoms with Crippen molar-refractivity contribution in [2.24, 2.45) is 22.6 Å². The van der Waals surface area contributed by atoms with E-state index in [0.717, 1.165) is 41.9 Å². The molecular formula is C20H28N4O. The van der Waals surface area contributed by atoms with E-state index in [1.54, 1.807) is 13.2 Å². The van der Waals surface area contributed by atoms with E-state index in [1.807, 2.05) is 25.3 Å². The fraction of sp³-hybridized carbons (Fsp3) is 0.450. The first-order chi connectivity index (χ1) is 12.0. The lowest BCUT2D eigenvalue weighted by Gasteiger charge is -2.37. The molecule has 1 aromatic rings. The summed E-state index contributed by atoms with van der Waals surface area (Å²) < 4.78 is 0. The summed E-state index contributed by atoms with van der Waals surface area (Å²) in [6.45, 7) is 10.6. The smallest absolute Gasteiger partial charge is 0.231 e. The second-order valence-electron chi connectivity index (χ2n) is 6.75. The second kappa shape index (κ2) is 8.72. The number of rotatable bonds is 6. The first kappa shape index (κ1) is 19.1. The Morgan fingerprint density at radius 3 is 2.92 bits per heavy atom. The maximum atomic E-state index is 11.3. The Morgan fingerprint density at radius 1 is 1.52 bits per heavy atom. The van der Waals surface area contributed by atoms with Crippen molar-refractivity contribution in [2.45, 2.75) is 20.3 Å². The zero-order chi connectivity index (χ0) is 18.4. The molecule has 1 saturated heterocycles. The number of amides is 1. The highest BCUT2D eigenvalue weighted by Crippen LogP contribution is 2.34. The van der Waals surface area contributed by atoms with E-state index in [1.165, 1.54) is 0 Å². The van der Waals surface area contributed by atoms with Crippen LogP contribution in [0.25, 0.3) is 11.1 Å². The van der Waals surface area contributed by atoms with Crippen LogP contribution in [0.3, 0.4) is 0 Å². The van der Waals surface area contributed by atoms with Gasteiger partial charge in [-0.05, 0) is 36.8 Å². The number of carbonyl (C=O) groups excluding carboxylic acids is 1. The molecule has 0 spiro atoms. The van der Waals surface area contributed by atoms with Gasteiger partial charge in [0.05, 0.1) is 12.2 Å². The van der Waals surface area contributed by atoms with Gasteiger partial charge in [-0.15, -0.1) is 0 Å². The lowest BCUT2D eigenvalue weighted by atomic mass is 9.82. The van der Waals surface area contributed by atoms with Crippen molar-refractivity contribution in [1.82, 2.24) is 9.88 Å². The number of hydrogen-bond donors (Lipinski definition) is 1. The molecule has 2 heterocycles. The summed E-state index contributed by atoms with van der Waals surface area (Å²) in [6, 6.07) is 4.00. The fourth-order valence-corrected chi connectivity index (χ4v) is 3.59. The third kappa shape index (κ3) is 4.86. The molecule has 2 atom stereocenters. The van der Waals surface area contributed by atoms with Crippen molar-refractivity contribution in [3.63, 3.8) is 0 Å². The van der Waals surface area contributed by atoms with E-state index in [2.05, 4.69) is 34.4 Å². The van der Waals surface area contributed by atoms with E-state index in [-0.39, 0.29) is 11.8 Å². The number of pyridine rings is 1. The Hall–Kier alpha value is -2.27. The molecule has 0 saturated carbocycles. The van der Waals surface area contributed by atoms with Crippen molar-refractivity contribution in [3.8, 4) is 0 Å². The summed E-state index contributed by atoms with van der Waals surface area (Å²) in [5.41, 5.74) is 9.38. The summed E-state index contributed by atoms with van der Waals surface area (Å²) in [4.78, 5) is 22.1. The molecule has 1 aliphatic heterocycles. The van der Waals surface area contributed by atoms with Crippen LogP contribution >= 0.6 is 0 Å². The van der Waals surface area contributed by atoms with Crippen LogP contribution < -0.4 is 5.73 Å². The van der Waals surface area contributed by atoms with E-state index in [9.17, 15) is 4.79 Å². The summed E-state index contributed by atoms with van der Waals surface area (Å²) in [6.07, 6.45) is 6.68. The summed E-state index contributed by atoms with van der Waals surface area (Å²) >= 11 is 0. The molecule has 0 bridgehead atoms. The quantitative estimate of drug-likeness (QED) is 0.809. The van der Waals surface area contributed by atoms with Crippen molar-refractivity contribution in [3.05, 3.63) is 42.2 Å². The predicted molar refractivity (Wildman–Crippen MR) is 104 cm³/mol. The van der Waals surface area contributed by atoms with Crippen molar-refractivity contribution in [2.75, 3.05) is 26.7 Å². The largest absolute Gasteiger partial charge is 0.369 e. The summed E-state index contributed by atoms with van der Waals surface area (Å²) in [5.74, 6) is 0.493. The van der Waals surface area contributed by atoms with Gasteiger partial charge in [0.2, 0.25) is 5.91 Å². The molecule has 1 aliphatic rings. The van der Waals surface area contributed by atoms with Crippen LogP contribution in [0.4, 0.5) is 0 Å². The fourth-order valence-electron chi connectivity index (χ4n) is 3.59. The number of carbonyl (C=O) groups is 1. The highest BCUT2D eigenvalue weighted by Gasteiger charge is 2.28. The normalized spacial score (nSPS) is 22.3. The maximum Gasteiger partial charge on any atom is 0.231 e. The first-order valence-electron chi connectivity index (χ1n) is 8.69. The third-order valence-corrected chi connectivity index (χ3v) is 4.61. The van der Waals surface area contributed by atoms with Crippen LogP contribution in [0.1, 0.15) is 31.5 Å². The van der Waals surface area contributed by atoms with Gasteiger partial charge in [-0.3, -0.25) is 19.7 Å². The van der Waals surface area contributed by atoms with Gasteiger partial charge in [-0.1, -0.05) is 25.6 Å². The number of aliphatic imine (C=N–C) groups is 1. The Bertz CT molecular complexity index is 693. The minimum Gasteiger partial charge on any atom is -0.369 e. The minimum absolute atomic E-state index is 0.280. The molecule has 0 radical (unpaired) electrons. The molecule has 2 rings (SSSR count). The Morgan fingerprint density at radius 2 is 2.28 bits per heavy atom. The Kier molecular flexibility index (Phi) is 6.65. The molecule has 1 aromatic heterocycles. The molecule has 0 aliphatic carbocycles. The van der Waals surface area contributed by atoms with Gasteiger partial charge < -0.3 is 5.73 Å². The van der Waals surface area contributed by atoms with Gasteiger partial charge in [0, 0.05) is 43.7 Å². The van der Waals surface area contributed by atoms with Gasteiger partial charge in [-0.2, -0.15) is 0 Å². The average molecular weight is 340 g/mol.